The number of benzene rings is 2. The van der Waals surface area contributed by atoms with Gasteiger partial charge in [-0.15, -0.1) is 0 Å². The Morgan fingerprint density at radius 2 is 1.58 bits per heavy atom. The molecule has 19 heavy (non-hydrogen) atoms. The van der Waals surface area contributed by atoms with Gasteiger partial charge in [-0.3, -0.25) is 0 Å². The maximum atomic E-state index is 13.7. The molecular formula is C15H14FO3. The molecule has 3 nitrogen and oxygen atoms in total. The van der Waals surface area contributed by atoms with E-state index in [-0.39, 0.29) is 5.75 Å². The fourth-order valence-electron chi connectivity index (χ4n) is 1.79. The monoisotopic (exact) mass is 261 g/mol. The molecule has 0 aliphatic carbocycles. The first-order valence-corrected chi connectivity index (χ1v) is 5.67. The van der Waals surface area contributed by atoms with Gasteiger partial charge in [-0.25, -0.2) is 4.39 Å². The quantitative estimate of drug-likeness (QED) is 0.845. The van der Waals surface area contributed by atoms with Crippen molar-refractivity contribution in [1.82, 2.24) is 0 Å². The molecule has 0 fully saturated rings. The lowest BCUT2D eigenvalue weighted by atomic mass is 10.0. The third-order valence-electron chi connectivity index (χ3n) is 2.78. The van der Waals surface area contributed by atoms with Crippen LogP contribution in [0, 0.1) is 11.9 Å². The van der Waals surface area contributed by atoms with Crippen molar-refractivity contribution in [2.45, 2.75) is 0 Å². The highest BCUT2D eigenvalue weighted by Crippen LogP contribution is 2.34. The molecule has 2 aromatic carbocycles. The Balaban J connectivity index is 2.53. The number of ether oxygens (including phenoxy) is 3. The second-order valence-corrected chi connectivity index (χ2v) is 3.82. The van der Waals surface area contributed by atoms with Crippen LogP contribution in [0.3, 0.4) is 0 Å². The van der Waals surface area contributed by atoms with Crippen molar-refractivity contribution in [3.05, 3.63) is 42.2 Å². The van der Waals surface area contributed by atoms with Gasteiger partial charge in [-0.2, -0.15) is 0 Å². The predicted molar refractivity (Wildman–Crippen MR) is 70.3 cm³/mol. The van der Waals surface area contributed by atoms with Crippen molar-refractivity contribution in [3.8, 4) is 28.4 Å². The second-order valence-electron chi connectivity index (χ2n) is 3.82. The smallest absolute Gasteiger partial charge is 0.173 e. The van der Waals surface area contributed by atoms with Crippen LogP contribution in [0.4, 0.5) is 4.39 Å². The minimum atomic E-state index is -0.537. The topological polar surface area (TPSA) is 27.7 Å². The summed E-state index contributed by atoms with van der Waals surface area (Å²) in [5.41, 5.74) is 1.29. The maximum absolute atomic E-state index is 13.7. The van der Waals surface area contributed by atoms with Gasteiger partial charge in [0.05, 0.1) is 21.3 Å². The summed E-state index contributed by atoms with van der Waals surface area (Å²) in [5.74, 6) is 0.914. The van der Waals surface area contributed by atoms with Crippen molar-refractivity contribution < 1.29 is 18.6 Å². The van der Waals surface area contributed by atoms with Crippen LogP contribution < -0.4 is 14.2 Å². The highest BCUT2D eigenvalue weighted by molar-refractivity contribution is 5.72. The molecule has 0 unspecified atom stereocenters. The second kappa shape index (κ2) is 5.61. The van der Waals surface area contributed by atoms with Crippen LogP contribution in [0.2, 0.25) is 0 Å². The summed E-state index contributed by atoms with van der Waals surface area (Å²) in [6, 6.07) is 11.2. The molecule has 0 amide bonds. The normalized spacial score (nSPS) is 10.1. The number of hydrogen-bond donors (Lipinski definition) is 0. The van der Waals surface area contributed by atoms with Crippen LogP contribution in [0.1, 0.15) is 0 Å². The van der Waals surface area contributed by atoms with Crippen LogP contribution in [0.25, 0.3) is 11.1 Å². The lowest BCUT2D eigenvalue weighted by Gasteiger charge is -2.11. The zero-order chi connectivity index (χ0) is 13.8. The highest BCUT2D eigenvalue weighted by Gasteiger charge is 2.11. The van der Waals surface area contributed by atoms with Crippen molar-refractivity contribution in [1.29, 1.82) is 0 Å². The molecule has 0 bridgehead atoms. The van der Waals surface area contributed by atoms with Gasteiger partial charge in [0.15, 0.2) is 11.6 Å². The molecule has 0 heterocycles. The van der Waals surface area contributed by atoms with Gasteiger partial charge >= 0.3 is 0 Å². The summed E-state index contributed by atoms with van der Waals surface area (Å²) >= 11 is 0. The third-order valence-corrected chi connectivity index (χ3v) is 2.78. The zero-order valence-corrected chi connectivity index (χ0v) is 11.0. The van der Waals surface area contributed by atoms with E-state index in [9.17, 15) is 4.39 Å². The van der Waals surface area contributed by atoms with Crippen LogP contribution in [0.5, 0.6) is 17.2 Å². The van der Waals surface area contributed by atoms with Gasteiger partial charge in [0.2, 0.25) is 0 Å². The SMILES string of the molecule is COc1ccc(OC)c(-c2[c]c(F)c(OC)cc2)c1. The summed E-state index contributed by atoms with van der Waals surface area (Å²) < 4.78 is 29.0. The largest absolute Gasteiger partial charge is 0.497 e. The van der Waals surface area contributed by atoms with E-state index in [1.807, 2.05) is 0 Å². The molecule has 0 aliphatic rings. The molecule has 0 saturated carbocycles. The average Bonchev–Trinajstić information content (AvgIpc) is 2.46. The van der Waals surface area contributed by atoms with Crippen molar-refractivity contribution in [3.63, 3.8) is 0 Å². The Labute approximate surface area is 111 Å². The molecule has 0 N–H and O–H groups in total. The van der Waals surface area contributed by atoms with Gasteiger partial charge in [0.1, 0.15) is 11.5 Å². The van der Waals surface area contributed by atoms with E-state index in [0.717, 1.165) is 0 Å². The molecule has 0 spiro atoms. The molecule has 99 valence electrons. The Bertz CT molecular complexity index is 582. The van der Waals surface area contributed by atoms with Gasteiger partial charge in [0, 0.05) is 11.6 Å². The van der Waals surface area contributed by atoms with E-state index in [4.69, 9.17) is 14.2 Å². The molecule has 1 radical (unpaired) electrons. The Hall–Kier alpha value is -2.23. The van der Waals surface area contributed by atoms with Gasteiger partial charge < -0.3 is 14.2 Å². The summed E-state index contributed by atoms with van der Waals surface area (Å²) in [6.45, 7) is 0. The number of hydrogen-bond acceptors (Lipinski definition) is 3. The molecule has 0 aliphatic heterocycles. The van der Waals surface area contributed by atoms with Crippen LogP contribution in [0.15, 0.2) is 30.3 Å². The average molecular weight is 261 g/mol. The fraction of sp³-hybridized carbons (Fsp3) is 0.200. The lowest BCUT2D eigenvalue weighted by Crippen LogP contribution is -1.93. The van der Waals surface area contributed by atoms with E-state index in [2.05, 4.69) is 6.07 Å². The van der Waals surface area contributed by atoms with Gasteiger partial charge in [-0.05, 0) is 35.9 Å². The van der Waals surface area contributed by atoms with E-state index >= 15 is 0 Å². The number of methoxy groups -OCH3 is 3. The van der Waals surface area contributed by atoms with E-state index in [1.165, 1.54) is 7.11 Å². The summed E-state index contributed by atoms with van der Waals surface area (Å²) in [6.07, 6.45) is 0. The van der Waals surface area contributed by atoms with Crippen molar-refractivity contribution in [2.75, 3.05) is 21.3 Å². The summed E-state index contributed by atoms with van der Waals surface area (Å²) in [7, 11) is 4.55. The summed E-state index contributed by atoms with van der Waals surface area (Å²) in [5, 5.41) is 0. The Morgan fingerprint density at radius 1 is 0.895 bits per heavy atom. The van der Waals surface area contributed by atoms with E-state index in [0.29, 0.717) is 22.6 Å². The fourth-order valence-corrected chi connectivity index (χ4v) is 1.79. The predicted octanol–water partition coefficient (Wildman–Crippen LogP) is 3.32. The molecule has 0 aromatic heterocycles. The first-order chi connectivity index (χ1) is 9.19. The molecule has 0 saturated heterocycles. The molecule has 2 aromatic rings. The minimum absolute atomic E-state index is 0.158. The zero-order valence-electron chi connectivity index (χ0n) is 11.0. The van der Waals surface area contributed by atoms with Gasteiger partial charge in [0.25, 0.3) is 0 Å². The van der Waals surface area contributed by atoms with E-state index in [1.54, 1.807) is 44.6 Å². The molecule has 4 heteroatoms. The first kappa shape index (κ1) is 13.2. The van der Waals surface area contributed by atoms with Crippen molar-refractivity contribution in [2.24, 2.45) is 0 Å². The first-order valence-electron chi connectivity index (χ1n) is 5.67. The van der Waals surface area contributed by atoms with Crippen molar-refractivity contribution >= 4 is 0 Å². The van der Waals surface area contributed by atoms with E-state index < -0.39 is 5.82 Å². The van der Waals surface area contributed by atoms with Gasteiger partial charge in [-0.1, -0.05) is 0 Å². The van der Waals surface area contributed by atoms with Crippen LogP contribution in [-0.4, -0.2) is 21.3 Å². The molecular weight excluding hydrogens is 247 g/mol. The lowest BCUT2D eigenvalue weighted by molar-refractivity contribution is 0.386. The van der Waals surface area contributed by atoms with Crippen LogP contribution >= 0.6 is 0 Å². The Morgan fingerprint density at radius 3 is 2.16 bits per heavy atom. The maximum Gasteiger partial charge on any atom is 0.173 e. The third kappa shape index (κ3) is 2.62. The standard InChI is InChI=1S/C15H14FO3/c1-17-11-5-7-14(18-2)12(9-11)10-4-6-15(19-3)13(16)8-10/h4-7,9H,1-3H3. The Kier molecular flexibility index (Phi) is 3.90. The minimum Gasteiger partial charge on any atom is -0.497 e. The summed E-state index contributed by atoms with van der Waals surface area (Å²) in [4.78, 5) is 0. The van der Waals surface area contributed by atoms with Crippen LogP contribution in [-0.2, 0) is 0 Å². The number of halogens is 1. The number of rotatable bonds is 4. The molecule has 0 atom stereocenters. The molecule has 2 rings (SSSR count). The highest BCUT2D eigenvalue weighted by atomic mass is 19.1.